The maximum Gasteiger partial charge on any atom is -0.00208 e. The summed E-state index contributed by atoms with van der Waals surface area (Å²) in [5, 5.41) is 10.6. The number of hydrogen-bond acceptors (Lipinski definition) is 0. The van der Waals surface area contributed by atoms with Crippen LogP contribution in [0.25, 0.3) is 55.2 Å². The molecule has 0 bridgehead atoms. The van der Waals surface area contributed by atoms with Gasteiger partial charge in [0.1, 0.15) is 0 Å². The van der Waals surface area contributed by atoms with E-state index in [9.17, 15) is 0 Å². The third-order valence-corrected chi connectivity index (χ3v) is 5.83. The SMILES string of the molecule is C(=C\c1ccc2ccc3cccc4ccc1c2c34)/c1cccc2ccccc12. The Bertz CT molecular complexity index is 1480. The Hall–Kier alpha value is -3.64. The molecule has 0 atom stereocenters. The second-order valence-electron chi connectivity index (χ2n) is 7.41. The van der Waals surface area contributed by atoms with Gasteiger partial charge in [0.2, 0.25) is 0 Å². The van der Waals surface area contributed by atoms with Gasteiger partial charge in [-0.2, -0.15) is 0 Å². The molecule has 0 heterocycles. The molecule has 0 aliphatic rings. The fraction of sp³-hybridized carbons (Fsp3) is 0. The Labute approximate surface area is 163 Å². The summed E-state index contributed by atoms with van der Waals surface area (Å²) in [5.41, 5.74) is 2.52. The topological polar surface area (TPSA) is 0 Å². The number of rotatable bonds is 2. The van der Waals surface area contributed by atoms with E-state index in [-0.39, 0.29) is 0 Å². The van der Waals surface area contributed by atoms with E-state index in [0.717, 1.165) is 0 Å². The van der Waals surface area contributed by atoms with Crippen LogP contribution in [0.1, 0.15) is 11.1 Å². The van der Waals surface area contributed by atoms with E-state index in [1.165, 1.54) is 54.2 Å². The highest BCUT2D eigenvalue weighted by atomic mass is 14.1. The molecule has 0 unspecified atom stereocenters. The lowest BCUT2D eigenvalue weighted by molar-refractivity contribution is 1.71. The first-order valence-corrected chi connectivity index (χ1v) is 9.71. The second kappa shape index (κ2) is 5.94. The third kappa shape index (κ3) is 2.25. The molecule has 0 saturated carbocycles. The normalized spacial score (nSPS) is 12.1. The predicted molar refractivity (Wildman–Crippen MR) is 123 cm³/mol. The molecule has 0 amide bonds. The van der Waals surface area contributed by atoms with Crippen molar-refractivity contribution in [2.45, 2.75) is 0 Å². The Morgan fingerprint density at radius 2 is 0.929 bits per heavy atom. The van der Waals surface area contributed by atoms with E-state index < -0.39 is 0 Å². The van der Waals surface area contributed by atoms with Gasteiger partial charge in [0.05, 0.1) is 0 Å². The monoisotopic (exact) mass is 354 g/mol. The zero-order chi connectivity index (χ0) is 18.5. The summed E-state index contributed by atoms with van der Waals surface area (Å²) in [6.45, 7) is 0. The fourth-order valence-corrected chi connectivity index (χ4v) is 4.48. The maximum absolute atomic E-state index is 2.27. The molecule has 0 aliphatic carbocycles. The quantitative estimate of drug-likeness (QED) is 0.219. The first-order valence-electron chi connectivity index (χ1n) is 9.71. The van der Waals surface area contributed by atoms with Gasteiger partial charge in [-0.05, 0) is 54.2 Å². The van der Waals surface area contributed by atoms with Crippen LogP contribution < -0.4 is 0 Å². The molecule has 0 spiro atoms. The van der Waals surface area contributed by atoms with Crippen LogP contribution in [0.5, 0.6) is 0 Å². The van der Waals surface area contributed by atoms with Crippen molar-refractivity contribution in [2.75, 3.05) is 0 Å². The lowest BCUT2D eigenvalue weighted by atomic mass is 9.91. The summed E-state index contributed by atoms with van der Waals surface area (Å²) in [5.74, 6) is 0. The van der Waals surface area contributed by atoms with Crippen molar-refractivity contribution in [3.05, 3.63) is 108 Å². The minimum atomic E-state index is 1.25. The average Bonchev–Trinajstić information content (AvgIpc) is 2.76. The van der Waals surface area contributed by atoms with Crippen LogP contribution in [0.2, 0.25) is 0 Å². The highest BCUT2D eigenvalue weighted by Gasteiger charge is 2.09. The third-order valence-electron chi connectivity index (χ3n) is 5.83. The van der Waals surface area contributed by atoms with Gasteiger partial charge in [0.15, 0.2) is 0 Å². The van der Waals surface area contributed by atoms with Gasteiger partial charge in [-0.15, -0.1) is 0 Å². The summed E-state index contributed by atoms with van der Waals surface area (Å²) < 4.78 is 0. The molecule has 0 aromatic heterocycles. The van der Waals surface area contributed by atoms with Crippen LogP contribution in [0, 0.1) is 0 Å². The molecule has 0 radical (unpaired) electrons. The number of fused-ring (bicyclic) bond motifs is 1. The van der Waals surface area contributed by atoms with E-state index >= 15 is 0 Å². The fourth-order valence-electron chi connectivity index (χ4n) is 4.48. The zero-order valence-electron chi connectivity index (χ0n) is 15.4. The average molecular weight is 354 g/mol. The van der Waals surface area contributed by atoms with Gasteiger partial charge in [-0.1, -0.05) is 109 Å². The van der Waals surface area contributed by atoms with Gasteiger partial charge >= 0.3 is 0 Å². The van der Waals surface area contributed by atoms with Gasteiger partial charge in [0.25, 0.3) is 0 Å². The van der Waals surface area contributed by atoms with Crippen LogP contribution in [-0.2, 0) is 0 Å². The van der Waals surface area contributed by atoms with Crippen molar-refractivity contribution in [2.24, 2.45) is 0 Å². The highest BCUT2D eigenvalue weighted by Crippen LogP contribution is 2.36. The predicted octanol–water partition coefficient (Wildman–Crippen LogP) is 7.91. The molecule has 0 nitrogen and oxygen atoms in total. The minimum absolute atomic E-state index is 1.25. The Morgan fingerprint density at radius 1 is 0.357 bits per heavy atom. The summed E-state index contributed by atoms with van der Waals surface area (Å²) in [6.07, 6.45) is 4.50. The summed E-state index contributed by atoms with van der Waals surface area (Å²) in [6, 6.07) is 35.1. The van der Waals surface area contributed by atoms with E-state index in [2.05, 4.69) is 109 Å². The summed E-state index contributed by atoms with van der Waals surface area (Å²) >= 11 is 0. The highest BCUT2D eigenvalue weighted by molar-refractivity contribution is 6.24. The van der Waals surface area contributed by atoms with Crippen LogP contribution in [0.15, 0.2) is 97.1 Å². The molecule has 6 rings (SSSR count). The van der Waals surface area contributed by atoms with Crippen molar-refractivity contribution in [1.29, 1.82) is 0 Å². The van der Waals surface area contributed by atoms with Crippen LogP contribution >= 0.6 is 0 Å². The van der Waals surface area contributed by atoms with Crippen molar-refractivity contribution in [1.82, 2.24) is 0 Å². The molecule has 6 aromatic rings. The first kappa shape index (κ1) is 15.4. The lowest BCUT2D eigenvalue weighted by Crippen LogP contribution is -1.86. The van der Waals surface area contributed by atoms with Gasteiger partial charge in [-0.3, -0.25) is 0 Å². The molecule has 6 aromatic carbocycles. The molecular formula is C28H18. The Kier molecular flexibility index (Phi) is 3.27. The summed E-state index contributed by atoms with van der Waals surface area (Å²) in [4.78, 5) is 0. The minimum Gasteiger partial charge on any atom is -0.0616 e. The molecule has 0 heteroatoms. The van der Waals surface area contributed by atoms with Crippen LogP contribution in [-0.4, -0.2) is 0 Å². The van der Waals surface area contributed by atoms with Gasteiger partial charge in [0, 0.05) is 0 Å². The lowest BCUT2D eigenvalue weighted by Gasteiger charge is -2.12. The molecule has 0 saturated heterocycles. The Balaban J connectivity index is 1.59. The zero-order valence-corrected chi connectivity index (χ0v) is 15.4. The Morgan fingerprint density at radius 3 is 1.79 bits per heavy atom. The van der Waals surface area contributed by atoms with E-state index in [0.29, 0.717) is 0 Å². The maximum atomic E-state index is 2.27. The van der Waals surface area contributed by atoms with Crippen molar-refractivity contribution in [3.63, 3.8) is 0 Å². The molecule has 0 fully saturated rings. The van der Waals surface area contributed by atoms with Gasteiger partial charge < -0.3 is 0 Å². The van der Waals surface area contributed by atoms with E-state index in [1.54, 1.807) is 0 Å². The summed E-state index contributed by atoms with van der Waals surface area (Å²) in [7, 11) is 0. The van der Waals surface area contributed by atoms with Crippen molar-refractivity contribution < 1.29 is 0 Å². The van der Waals surface area contributed by atoms with E-state index in [1.807, 2.05) is 0 Å². The first-order chi connectivity index (χ1) is 13.9. The van der Waals surface area contributed by atoms with Gasteiger partial charge in [-0.25, -0.2) is 0 Å². The van der Waals surface area contributed by atoms with Crippen molar-refractivity contribution in [3.8, 4) is 0 Å². The molecule has 0 aliphatic heterocycles. The van der Waals surface area contributed by atoms with Crippen LogP contribution in [0.3, 0.4) is 0 Å². The molecular weight excluding hydrogens is 336 g/mol. The number of benzene rings is 6. The second-order valence-corrected chi connectivity index (χ2v) is 7.41. The smallest absolute Gasteiger partial charge is 0.00208 e. The molecule has 130 valence electrons. The van der Waals surface area contributed by atoms with E-state index in [4.69, 9.17) is 0 Å². The number of hydrogen-bond donors (Lipinski definition) is 0. The largest absolute Gasteiger partial charge is 0.0616 e. The van der Waals surface area contributed by atoms with Crippen LogP contribution in [0.4, 0.5) is 0 Å². The molecule has 28 heavy (non-hydrogen) atoms. The standard InChI is InChI=1S/C28H18/c1-2-10-25-19(5-1)6-3-7-20(25)11-12-21-13-14-24-16-15-22-8-4-9-23-17-18-26(21)28(24)27(22)23/h1-18H/b12-11+. The van der Waals surface area contributed by atoms with Crippen molar-refractivity contribution >= 4 is 55.2 Å². The molecule has 0 N–H and O–H groups in total.